The van der Waals surface area contributed by atoms with Crippen LogP contribution in [0.5, 0.6) is 0 Å². The summed E-state index contributed by atoms with van der Waals surface area (Å²) in [4.78, 5) is 11.9. The summed E-state index contributed by atoms with van der Waals surface area (Å²) in [7, 11) is 0. The molecule has 0 aromatic heterocycles. The van der Waals surface area contributed by atoms with Crippen molar-refractivity contribution in [3.63, 3.8) is 0 Å². The first-order chi connectivity index (χ1) is 8.56. The number of nitrogen functional groups attached to an aromatic ring is 1. The van der Waals surface area contributed by atoms with Gasteiger partial charge < -0.3 is 11.1 Å². The third kappa shape index (κ3) is 2.87. The summed E-state index contributed by atoms with van der Waals surface area (Å²) in [6.07, 6.45) is 0. The molecule has 92 valence electrons. The maximum Gasteiger partial charge on any atom is 0.258 e. The van der Waals surface area contributed by atoms with Gasteiger partial charge in [-0.25, -0.2) is 4.39 Å². The molecular formula is C13H10BrFN2O. The van der Waals surface area contributed by atoms with Crippen molar-refractivity contribution in [1.82, 2.24) is 0 Å². The number of carbonyl (C=O) groups excluding carboxylic acids is 1. The second kappa shape index (κ2) is 5.18. The molecule has 0 unspecified atom stereocenters. The zero-order valence-electron chi connectivity index (χ0n) is 9.28. The van der Waals surface area contributed by atoms with E-state index >= 15 is 0 Å². The Morgan fingerprint density at radius 1 is 1.17 bits per heavy atom. The van der Waals surface area contributed by atoms with E-state index < -0.39 is 11.7 Å². The van der Waals surface area contributed by atoms with Crippen LogP contribution in [0.1, 0.15) is 10.4 Å². The molecule has 0 aliphatic rings. The second-order valence-electron chi connectivity index (χ2n) is 3.70. The van der Waals surface area contributed by atoms with Crippen LogP contribution < -0.4 is 11.1 Å². The number of nitrogens with one attached hydrogen (secondary N) is 1. The minimum absolute atomic E-state index is 0.0128. The van der Waals surface area contributed by atoms with Crippen LogP contribution in [0.2, 0.25) is 0 Å². The highest BCUT2D eigenvalue weighted by Gasteiger charge is 2.12. The van der Waals surface area contributed by atoms with Gasteiger partial charge in [0.05, 0.1) is 5.56 Å². The van der Waals surface area contributed by atoms with E-state index in [0.717, 1.165) is 0 Å². The number of rotatable bonds is 2. The van der Waals surface area contributed by atoms with E-state index in [9.17, 15) is 9.18 Å². The van der Waals surface area contributed by atoms with Crippen molar-refractivity contribution in [1.29, 1.82) is 0 Å². The van der Waals surface area contributed by atoms with Gasteiger partial charge in [-0.3, -0.25) is 4.79 Å². The molecule has 0 spiro atoms. The quantitative estimate of drug-likeness (QED) is 0.835. The van der Waals surface area contributed by atoms with Gasteiger partial charge in [-0.15, -0.1) is 0 Å². The lowest BCUT2D eigenvalue weighted by molar-refractivity contribution is 0.102. The summed E-state index contributed by atoms with van der Waals surface area (Å²) < 4.78 is 14.1. The fourth-order valence-electron chi connectivity index (χ4n) is 1.44. The van der Waals surface area contributed by atoms with Gasteiger partial charge in [-0.05, 0) is 42.5 Å². The van der Waals surface area contributed by atoms with Gasteiger partial charge in [0.2, 0.25) is 0 Å². The number of carbonyl (C=O) groups is 1. The van der Waals surface area contributed by atoms with Gasteiger partial charge in [-0.1, -0.05) is 15.9 Å². The van der Waals surface area contributed by atoms with E-state index in [-0.39, 0.29) is 5.56 Å². The van der Waals surface area contributed by atoms with Gasteiger partial charge in [0.25, 0.3) is 5.91 Å². The van der Waals surface area contributed by atoms with Crippen LogP contribution >= 0.6 is 15.9 Å². The summed E-state index contributed by atoms with van der Waals surface area (Å²) >= 11 is 3.20. The zero-order chi connectivity index (χ0) is 13.1. The minimum atomic E-state index is -0.564. The lowest BCUT2D eigenvalue weighted by atomic mass is 10.2. The Hall–Kier alpha value is -1.88. The van der Waals surface area contributed by atoms with E-state index in [1.165, 1.54) is 18.2 Å². The Labute approximate surface area is 112 Å². The number of hydrogen-bond donors (Lipinski definition) is 2. The van der Waals surface area contributed by atoms with Gasteiger partial charge in [0.1, 0.15) is 5.82 Å². The largest absolute Gasteiger partial charge is 0.399 e. The number of hydrogen-bond acceptors (Lipinski definition) is 2. The first-order valence-electron chi connectivity index (χ1n) is 5.18. The number of amides is 1. The molecule has 3 N–H and O–H groups in total. The summed E-state index contributed by atoms with van der Waals surface area (Å²) in [6.45, 7) is 0. The summed E-state index contributed by atoms with van der Waals surface area (Å²) in [5.41, 5.74) is 6.68. The molecule has 0 aliphatic heterocycles. The van der Waals surface area contributed by atoms with Crippen LogP contribution in [-0.4, -0.2) is 5.91 Å². The SMILES string of the molecule is Nc1ccc(NC(=O)c2cc(Br)ccc2F)cc1. The van der Waals surface area contributed by atoms with Gasteiger partial charge in [-0.2, -0.15) is 0 Å². The fraction of sp³-hybridized carbons (Fsp3) is 0. The average molecular weight is 309 g/mol. The molecule has 0 heterocycles. The van der Waals surface area contributed by atoms with E-state index in [0.29, 0.717) is 15.8 Å². The monoisotopic (exact) mass is 308 g/mol. The molecule has 3 nitrogen and oxygen atoms in total. The molecular weight excluding hydrogens is 299 g/mol. The third-order valence-corrected chi connectivity index (χ3v) is 2.83. The standard InChI is InChI=1S/C13H10BrFN2O/c14-8-1-6-12(15)11(7-8)13(18)17-10-4-2-9(16)3-5-10/h1-7H,16H2,(H,17,18). The lowest BCUT2D eigenvalue weighted by Gasteiger charge is -2.06. The van der Waals surface area contributed by atoms with Crippen LogP contribution in [0.4, 0.5) is 15.8 Å². The number of halogens is 2. The smallest absolute Gasteiger partial charge is 0.258 e. The number of benzene rings is 2. The Morgan fingerprint density at radius 2 is 1.83 bits per heavy atom. The Morgan fingerprint density at radius 3 is 2.50 bits per heavy atom. The van der Waals surface area contributed by atoms with Crippen LogP contribution in [0.15, 0.2) is 46.9 Å². The highest BCUT2D eigenvalue weighted by molar-refractivity contribution is 9.10. The van der Waals surface area contributed by atoms with Crippen molar-refractivity contribution in [2.24, 2.45) is 0 Å². The molecule has 5 heteroatoms. The summed E-state index contributed by atoms with van der Waals surface area (Å²) in [5.74, 6) is -1.07. The van der Waals surface area contributed by atoms with E-state index in [1.807, 2.05) is 0 Å². The lowest BCUT2D eigenvalue weighted by Crippen LogP contribution is -2.13. The number of anilines is 2. The Bertz CT molecular complexity index is 584. The predicted molar refractivity (Wildman–Crippen MR) is 72.9 cm³/mol. The molecule has 2 aromatic rings. The normalized spacial score (nSPS) is 10.1. The molecule has 2 aromatic carbocycles. The van der Waals surface area contributed by atoms with Crippen molar-refractivity contribution in [2.75, 3.05) is 11.1 Å². The average Bonchev–Trinajstić information content (AvgIpc) is 2.35. The maximum absolute atomic E-state index is 13.5. The van der Waals surface area contributed by atoms with E-state index in [2.05, 4.69) is 21.2 Å². The highest BCUT2D eigenvalue weighted by Crippen LogP contribution is 2.18. The first-order valence-corrected chi connectivity index (χ1v) is 5.97. The molecule has 18 heavy (non-hydrogen) atoms. The van der Waals surface area contributed by atoms with Crippen LogP contribution in [0, 0.1) is 5.82 Å². The maximum atomic E-state index is 13.5. The van der Waals surface area contributed by atoms with E-state index in [4.69, 9.17) is 5.73 Å². The van der Waals surface area contributed by atoms with Crippen molar-refractivity contribution in [2.45, 2.75) is 0 Å². The highest BCUT2D eigenvalue weighted by atomic mass is 79.9. The van der Waals surface area contributed by atoms with Crippen molar-refractivity contribution < 1.29 is 9.18 Å². The molecule has 0 bridgehead atoms. The summed E-state index contributed by atoms with van der Waals surface area (Å²) in [6, 6.07) is 10.8. The fourth-order valence-corrected chi connectivity index (χ4v) is 1.80. The molecule has 0 radical (unpaired) electrons. The van der Waals surface area contributed by atoms with Crippen LogP contribution in [0.25, 0.3) is 0 Å². The molecule has 0 fully saturated rings. The summed E-state index contributed by atoms with van der Waals surface area (Å²) in [5, 5.41) is 2.60. The van der Waals surface area contributed by atoms with Gasteiger partial charge in [0.15, 0.2) is 0 Å². The number of nitrogens with two attached hydrogens (primary N) is 1. The van der Waals surface area contributed by atoms with Gasteiger partial charge in [0, 0.05) is 15.8 Å². The predicted octanol–water partition coefficient (Wildman–Crippen LogP) is 3.42. The van der Waals surface area contributed by atoms with E-state index in [1.54, 1.807) is 24.3 Å². The molecule has 0 atom stereocenters. The van der Waals surface area contributed by atoms with Gasteiger partial charge >= 0.3 is 0 Å². The Balaban J connectivity index is 2.21. The minimum Gasteiger partial charge on any atom is -0.399 e. The Kier molecular flexibility index (Phi) is 3.62. The molecule has 0 aliphatic carbocycles. The topological polar surface area (TPSA) is 55.1 Å². The first kappa shape index (κ1) is 12.6. The van der Waals surface area contributed by atoms with Crippen molar-refractivity contribution in [3.8, 4) is 0 Å². The molecule has 0 saturated carbocycles. The van der Waals surface area contributed by atoms with Crippen LogP contribution in [-0.2, 0) is 0 Å². The van der Waals surface area contributed by atoms with Crippen LogP contribution in [0.3, 0.4) is 0 Å². The molecule has 1 amide bonds. The van der Waals surface area contributed by atoms with Crippen molar-refractivity contribution >= 4 is 33.2 Å². The molecule has 2 rings (SSSR count). The molecule has 0 saturated heterocycles. The van der Waals surface area contributed by atoms with Crippen molar-refractivity contribution in [3.05, 3.63) is 58.3 Å². The third-order valence-electron chi connectivity index (χ3n) is 2.34. The second-order valence-corrected chi connectivity index (χ2v) is 4.62. The zero-order valence-corrected chi connectivity index (χ0v) is 10.9.